The van der Waals surface area contributed by atoms with E-state index in [1.807, 2.05) is 0 Å². The van der Waals surface area contributed by atoms with Gasteiger partial charge in [-0.1, -0.05) is 11.6 Å². The second kappa shape index (κ2) is 8.22. The van der Waals surface area contributed by atoms with Crippen LogP contribution in [0.25, 0.3) is 0 Å². The Labute approximate surface area is 150 Å². The first kappa shape index (κ1) is 19.1. The second-order valence-corrected chi connectivity index (χ2v) is 9.18. The number of carbonyl (C=O) groups is 2. The molecule has 1 atom stereocenters. The highest BCUT2D eigenvalue weighted by Gasteiger charge is 2.32. The Morgan fingerprint density at radius 3 is 2.58 bits per heavy atom. The first-order chi connectivity index (χ1) is 11.3. The van der Waals surface area contributed by atoms with E-state index in [1.54, 1.807) is 24.3 Å². The van der Waals surface area contributed by atoms with Crippen LogP contribution in [0, 0.1) is 0 Å². The summed E-state index contributed by atoms with van der Waals surface area (Å²) in [6.45, 7) is -0.382. The summed E-state index contributed by atoms with van der Waals surface area (Å²) in [5, 5.41) is 0.615. The molecule has 1 aromatic rings. The SMILES string of the molecule is CN(C(=O)COC(=O)CSc1ccc(Cl)cc1)[C@@H]1CCS(=O)(=O)C1. The Hall–Kier alpha value is -1.25. The molecule has 0 unspecified atom stereocenters. The Bertz CT molecular complexity index is 705. The predicted octanol–water partition coefficient (Wildman–Crippen LogP) is 1.62. The summed E-state index contributed by atoms with van der Waals surface area (Å²) in [5.74, 6) is -0.767. The molecule has 1 aliphatic rings. The molecule has 0 N–H and O–H groups in total. The molecule has 0 saturated carbocycles. The largest absolute Gasteiger partial charge is 0.455 e. The lowest BCUT2D eigenvalue weighted by Crippen LogP contribution is -2.40. The van der Waals surface area contributed by atoms with Crippen molar-refractivity contribution >= 4 is 45.1 Å². The summed E-state index contributed by atoms with van der Waals surface area (Å²) >= 11 is 7.06. The van der Waals surface area contributed by atoms with Gasteiger partial charge in [-0.15, -0.1) is 11.8 Å². The lowest BCUT2D eigenvalue weighted by atomic mass is 10.2. The maximum absolute atomic E-state index is 12.0. The number of nitrogens with zero attached hydrogens (tertiary/aromatic N) is 1. The van der Waals surface area contributed by atoms with Gasteiger partial charge in [0.25, 0.3) is 5.91 Å². The van der Waals surface area contributed by atoms with Crippen molar-refractivity contribution in [1.82, 2.24) is 4.90 Å². The number of benzene rings is 1. The number of rotatable bonds is 6. The fraction of sp³-hybridized carbons (Fsp3) is 0.467. The topological polar surface area (TPSA) is 80.8 Å². The van der Waals surface area contributed by atoms with Crippen LogP contribution in [-0.4, -0.2) is 62.1 Å². The first-order valence-corrected chi connectivity index (χ1v) is 10.5. The van der Waals surface area contributed by atoms with Crippen LogP contribution in [0.15, 0.2) is 29.2 Å². The molecule has 1 amide bonds. The molecule has 1 aliphatic heterocycles. The van der Waals surface area contributed by atoms with Gasteiger partial charge in [-0.25, -0.2) is 8.42 Å². The van der Waals surface area contributed by atoms with Gasteiger partial charge >= 0.3 is 5.97 Å². The molecule has 0 aromatic heterocycles. The number of amides is 1. The van der Waals surface area contributed by atoms with Gasteiger partial charge in [0.2, 0.25) is 0 Å². The highest BCUT2D eigenvalue weighted by Crippen LogP contribution is 2.20. The molecule has 2 rings (SSSR count). The van der Waals surface area contributed by atoms with E-state index in [4.69, 9.17) is 16.3 Å². The molecule has 24 heavy (non-hydrogen) atoms. The highest BCUT2D eigenvalue weighted by molar-refractivity contribution is 8.00. The van der Waals surface area contributed by atoms with Crippen LogP contribution in [0.2, 0.25) is 5.02 Å². The number of ether oxygens (including phenoxy) is 1. The quantitative estimate of drug-likeness (QED) is 0.541. The minimum Gasteiger partial charge on any atom is -0.455 e. The van der Waals surface area contributed by atoms with E-state index in [9.17, 15) is 18.0 Å². The zero-order chi connectivity index (χ0) is 17.7. The number of hydrogen-bond donors (Lipinski definition) is 0. The number of hydrogen-bond acceptors (Lipinski definition) is 6. The summed E-state index contributed by atoms with van der Waals surface area (Å²) in [4.78, 5) is 25.9. The highest BCUT2D eigenvalue weighted by atomic mass is 35.5. The van der Waals surface area contributed by atoms with Crippen LogP contribution in [0.1, 0.15) is 6.42 Å². The van der Waals surface area contributed by atoms with Gasteiger partial charge in [0, 0.05) is 23.0 Å². The minimum atomic E-state index is -3.06. The summed E-state index contributed by atoms with van der Waals surface area (Å²) in [6, 6.07) is 6.69. The molecule has 0 aliphatic carbocycles. The molecule has 0 bridgehead atoms. The molecular weight excluding hydrogens is 374 g/mol. The molecule has 0 radical (unpaired) electrons. The van der Waals surface area contributed by atoms with Gasteiger partial charge in [-0.2, -0.15) is 0 Å². The van der Waals surface area contributed by atoms with Crippen molar-refractivity contribution < 1.29 is 22.7 Å². The Morgan fingerprint density at radius 2 is 2.00 bits per heavy atom. The van der Waals surface area contributed by atoms with Crippen molar-refractivity contribution in [1.29, 1.82) is 0 Å². The average Bonchev–Trinajstić information content (AvgIpc) is 2.91. The summed E-state index contributed by atoms with van der Waals surface area (Å²) < 4.78 is 27.8. The van der Waals surface area contributed by atoms with Crippen molar-refractivity contribution in [3.8, 4) is 0 Å². The fourth-order valence-electron chi connectivity index (χ4n) is 2.24. The van der Waals surface area contributed by atoms with Gasteiger partial charge in [-0.3, -0.25) is 9.59 Å². The van der Waals surface area contributed by atoms with Crippen molar-refractivity contribution in [2.24, 2.45) is 0 Å². The van der Waals surface area contributed by atoms with Crippen LogP contribution in [0.3, 0.4) is 0 Å². The number of likely N-dealkylation sites (N-methyl/N-ethyl adjacent to an activating group) is 1. The van der Waals surface area contributed by atoms with Gasteiger partial charge in [0.15, 0.2) is 16.4 Å². The summed E-state index contributed by atoms with van der Waals surface area (Å²) in [5.41, 5.74) is 0. The number of carbonyl (C=O) groups excluding carboxylic acids is 2. The Morgan fingerprint density at radius 1 is 1.33 bits per heavy atom. The number of esters is 1. The number of thioether (sulfide) groups is 1. The molecule has 1 aromatic carbocycles. The zero-order valence-corrected chi connectivity index (χ0v) is 15.5. The number of sulfone groups is 1. The molecule has 6 nitrogen and oxygen atoms in total. The van der Waals surface area contributed by atoms with Gasteiger partial charge < -0.3 is 9.64 Å². The lowest BCUT2D eigenvalue weighted by molar-refractivity contribution is -0.150. The second-order valence-electron chi connectivity index (χ2n) is 5.46. The van der Waals surface area contributed by atoms with Gasteiger partial charge in [0.1, 0.15) is 0 Å². The average molecular weight is 392 g/mol. The minimum absolute atomic E-state index is 0.0321. The third-order valence-corrected chi connectivity index (χ3v) is 6.66. The maximum Gasteiger partial charge on any atom is 0.316 e. The van der Waals surface area contributed by atoms with Gasteiger partial charge in [0.05, 0.1) is 17.3 Å². The van der Waals surface area contributed by atoms with Gasteiger partial charge in [-0.05, 0) is 30.7 Å². The van der Waals surface area contributed by atoms with E-state index in [1.165, 1.54) is 23.7 Å². The van der Waals surface area contributed by atoms with E-state index < -0.39 is 21.7 Å². The van der Waals surface area contributed by atoms with Crippen LogP contribution in [0.5, 0.6) is 0 Å². The first-order valence-electron chi connectivity index (χ1n) is 7.27. The molecular formula is C15H18ClNO5S2. The zero-order valence-electron chi connectivity index (χ0n) is 13.1. The molecule has 0 spiro atoms. The van der Waals surface area contributed by atoms with E-state index in [-0.39, 0.29) is 29.9 Å². The molecule has 1 heterocycles. The number of halogens is 1. The smallest absolute Gasteiger partial charge is 0.316 e. The van der Waals surface area contributed by atoms with E-state index >= 15 is 0 Å². The van der Waals surface area contributed by atoms with Crippen molar-refractivity contribution in [3.05, 3.63) is 29.3 Å². The monoisotopic (exact) mass is 391 g/mol. The third kappa shape index (κ3) is 5.68. The predicted molar refractivity (Wildman–Crippen MR) is 93.0 cm³/mol. The van der Waals surface area contributed by atoms with Crippen molar-refractivity contribution in [2.45, 2.75) is 17.4 Å². The lowest BCUT2D eigenvalue weighted by Gasteiger charge is -2.23. The molecule has 9 heteroatoms. The van der Waals surface area contributed by atoms with E-state index in [2.05, 4.69) is 0 Å². The summed E-state index contributed by atoms with van der Waals surface area (Å²) in [6.07, 6.45) is 0.422. The van der Waals surface area contributed by atoms with Crippen LogP contribution in [-0.2, 0) is 24.2 Å². The maximum atomic E-state index is 12.0. The Kier molecular flexibility index (Phi) is 6.54. The Balaban J connectivity index is 1.72. The fourth-order valence-corrected chi connectivity index (χ4v) is 4.84. The van der Waals surface area contributed by atoms with Crippen LogP contribution < -0.4 is 0 Å². The molecule has 1 saturated heterocycles. The molecule has 1 fully saturated rings. The standard InChI is InChI=1S/C15H18ClNO5S2/c1-17(12-6-7-24(20,21)10-12)14(18)8-22-15(19)9-23-13-4-2-11(16)3-5-13/h2-5,12H,6-10H2,1H3/t12-/m1/s1. The van der Waals surface area contributed by atoms with Crippen LogP contribution >= 0.6 is 23.4 Å². The normalized spacial score (nSPS) is 19.0. The van der Waals surface area contributed by atoms with Crippen molar-refractivity contribution in [3.63, 3.8) is 0 Å². The van der Waals surface area contributed by atoms with E-state index in [0.717, 1.165) is 4.90 Å². The van der Waals surface area contributed by atoms with Crippen molar-refractivity contribution in [2.75, 3.05) is 30.9 Å². The summed E-state index contributed by atoms with van der Waals surface area (Å²) in [7, 11) is -1.53. The van der Waals surface area contributed by atoms with Crippen LogP contribution in [0.4, 0.5) is 0 Å². The third-order valence-electron chi connectivity index (χ3n) is 3.68. The van der Waals surface area contributed by atoms with E-state index in [0.29, 0.717) is 11.4 Å². The molecule has 132 valence electrons.